The van der Waals surface area contributed by atoms with Crippen molar-refractivity contribution in [2.45, 2.75) is 39.7 Å². The van der Waals surface area contributed by atoms with Gasteiger partial charge in [-0.3, -0.25) is 9.78 Å². The van der Waals surface area contributed by atoms with Gasteiger partial charge in [-0.2, -0.15) is 0 Å². The molecule has 0 bridgehead atoms. The molecule has 3 heterocycles. The van der Waals surface area contributed by atoms with E-state index in [4.69, 9.17) is 9.72 Å². The topological polar surface area (TPSA) is 80.2 Å². The van der Waals surface area contributed by atoms with Crippen molar-refractivity contribution in [1.82, 2.24) is 20.3 Å². The summed E-state index contributed by atoms with van der Waals surface area (Å²) >= 11 is 0. The molecule has 7 heteroatoms. The molecule has 7 nitrogen and oxygen atoms in total. The van der Waals surface area contributed by atoms with Crippen molar-refractivity contribution in [3.05, 3.63) is 47.0 Å². The largest absolute Gasteiger partial charge is 0.378 e. The third-order valence-electron chi connectivity index (χ3n) is 5.44. The Morgan fingerprint density at radius 2 is 2.00 bits per heavy atom. The lowest BCUT2D eigenvalue weighted by molar-refractivity contribution is 0.0918. The van der Waals surface area contributed by atoms with E-state index < -0.39 is 0 Å². The highest BCUT2D eigenvalue weighted by atomic mass is 16.5. The van der Waals surface area contributed by atoms with E-state index in [2.05, 4.69) is 34.0 Å². The summed E-state index contributed by atoms with van der Waals surface area (Å²) in [6, 6.07) is 3.56. The van der Waals surface area contributed by atoms with Gasteiger partial charge in [-0.15, -0.1) is 0 Å². The second kappa shape index (κ2) is 7.47. The highest BCUT2D eigenvalue weighted by molar-refractivity contribution is 5.94. The van der Waals surface area contributed by atoms with Crippen molar-refractivity contribution in [3.63, 3.8) is 0 Å². The van der Waals surface area contributed by atoms with Crippen LogP contribution in [0.25, 0.3) is 0 Å². The molecule has 1 unspecified atom stereocenters. The Morgan fingerprint density at radius 1 is 1.21 bits per heavy atom. The van der Waals surface area contributed by atoms with Gasteiger partial charge in [-0.05, 0) is 37.3 Å². The average molecular weight is 381 g/mol. The zero-order valence-electron chi connectivity index (χ0n) is 16.7. The number of carbonyl (C=O) groups excluding carboxylic acids is 1. The molecule has 2 aliphatic rings. The van der Waals surface area contributed by atoms with Crippen LogP contribution in [0.3, 0.4) is 0 Å². The molecule has 0 aromatic carbocycles. The first-order valence-corrected chi connectivity index (χ1v) is 9.83. The van der Waals surface area contributed by atoms with Gasteiger partial charge in [-0.25, -0.2) is 9.97 Å². The van der Waals surface area contributed by atoms with E-state index in [1.54, 1.807) is 6.20 Å². The fourth-order valence-electron chi connectivity index (χ4n) is 3.92. The summed E-state index contributed by atoms with van der Waals surface area (Å²) in [7, 11) is 0. The number of aromatic nitrogens is 3. The number of fused-ring (bicyclic) bond motifs is 1. The molecule has 28 heavy (non-hydrogen) atoms. The Hall–Kier alpha value is -2.54. The van der Waals surface area contributed by atoms with E-state index in [-0.39, 0.29) is 17.4 Å². The number of pyridine rings is 1. The molecule has 2 aromatic rings. The molecule has 0 radical (unpaired) electrons. The molecule has 2 aromatic heterocycles. The molecule has 1 N–H and O–H groups in total. The number of ether oxygens (including phenoxy) is 1. The minimum absolute atomic E-state index is 0.0487. The van der Waals surface area contributed by atoms with Crippen LogP contribution < -0.4 is 10.2 Å². The quantitative estimate of drug-likeness (QED) is 0.880. The standard InChI is InChI=1S/C21H27N5O2/c1-14-4-5-15(12-22-14)19(27)24-17-10-21(2,3)11-18-16(17)13-23-20(25-18)26-6-8-28-9-7-26/h4-5,12-13,17H,6-11H2,1-3H3,(H,24,27). The van der Waals surface area contributed by atoms with Crippen molar-refractivity contribution >= 4 is 11.9 Å². The molecule has 1 atom stereocenters. The normalized spacial score (nSPS) is 21.1. The minimum Gasteiger partial charge on any atom is -0.378 e. The predicted molar refractivity (Wildman–Crippen MR) is 106 cm³/mol. The maximum absolute atomic E-state index is 12.7. The van der Waals surface area contributed by atoms with Crippen LogP contribution in [0.1, 0.15) is 53.6 Å². The van der Waals surface area contributed by atoms with Crippen molar-refractivity contribution in [1.29, 1.82) is 0 Å². The van der Waals surface area contributed by atoms with Gasteiger partial charge in [0.1, 0.15) is 0 Å². The molecular weight excluding hydrogens is 354 g/mol. The Bertz CT molecular complexity index is 860. The molecule has 4 rings (SSSR count). The maximum atomic E-state index is 12.7. The smallest absolute Gasteiger partial charge is 0.253 e. The molecule has 148 valence electrons. The van der Waals surface area contributed by atoms with Crippen LogP contribution >= 0.6 is 0 Å². The molecule has 1 amide bonds. The number of carbonyl (C=O) groups is 1. The van der Waals surface area contributed by atoms with E-state index in [1.165, 1.54) is 0 Å². The third-order valence-corrected chi connectivity index (χ3v) is 5.44. The first-order valence-electron chi connectivity index (χ1n) is 9.83. The summed E-state index contributed by atoms with van der Waals surface area (Å²) in [6.07, 6.45) is 5.24. The second-order valence-electron chi connectivity index (χ2n) is 8.43. The van der Waals surface area contributed by atoms with Crippen molar-refractivity contribution in [2.75, 3.05) is 31.2 Å². The first kappa shape index (κ1) is 18.8. The summed E-state index contributed by atoms with van der Waals surface area (Å²) in [5, 5.41) is 3.17. The molecule has 1 aliphatic carbocycles. The van der Waals surface area contributed by atoms with Crippen LogP contribution in [0.15, 0.2) is 24.5 Å². The van der Waals surface area contributed by atoms with Crippen LogP contribution in [-0.4, -0.2) is 47.2 Å². The van der Waals surface area contributed by atoms with Gasteiger partial charge in [0.15, 0.2) is 0 Å². The minimum atomic E-state index is -0.113. The number of rotatable bonds is 3. The maximum Gasteiger partial charge on any atom is 0.253 e. The number of aryl methyl sites for hydroxylation is 1. The Balaban J connectivity index is 1.59. The van der Waals surface area contributed by atoms with Gasteiger partial charge in [-0.1, -0.05) is 13.8 Å². The SMILES string of the molecule is Cc1ccc(C(=O)NC2CC(C)(C)Cc3nc(N4CCOCC4)ncc32)cn1. The van der Waals surface area contributed by atoms with Gasteiger partial charge >= 0.3 is 0 Å². The summed E-state index contributed by atoms with van der Waals surface area (Å²) < 4.78 is 5.43. The molecule has 0 spiro atoms. The summed E-state index contributed by atoms with van der Waals surface area (Å²) in [5.74, 6) is 0.644. The Morgan fingerprint density at radius 3 is 2.71 bits per heavy atom. The van der Waals surface area contributed by atoms with Gasteiger partial charge in [0.25, 0.3) is 5.91 Å². The van der Waals surface area contributed by atoms with E-state index in [9.17, 15) is 4.79 Å². The van der Waals surface area contributed by atoms with E-state index >= 15 is 0 Å². The summed E-state index contributed by atoms with van der Waals surface area (Å²) in [4.78, 5) is 28.6. The lowest BCUT2D eigenvalue weighted by Crippen LogP contribution is -2.39. The number of hydrogen-bond acceptors (Lipinski definition) is 6. The van der Waals surface area contributed by atoms with Gasteiger partial charge in [0.05, 0.1) is 30.5 Å². The number of morpholine rings is 1. The fraction of sp³-hybridized carbons (Fsp3) is 0.524. The predicted octanol–water partition coefficient (Wildman–Crippen LogP) is 2.46. The number of amides is 1. The van der Waals surface area contributed by atoms with Crippen LogP contribution in [0.2, 0.25) is 0 Å². The van der Waals surface area contributed by atoms with E-state index in [0.29, 0.717) is 18.8 Å². The third kappa shape index (κ3) is 3.99. The lowest BCUT2D eigenvalue weighted by Gasteiger charge is -2.37. The van der Waals surface area contributed by atoms with Crippen LogP contribution in [-0.2, 0) is 11.2 Å². The summed E-state index contributed by atoms with van der Waals surface area (Å²) in [6.45, 7) is 9.37. The molecule has 0 saturated carbocycles. The van der Waals surface area contributed by atoms with Gasteiger partial charge in [0.2, 0.25) is 5.95 Å². The highest BCUT2D eigenvalue weighted by Gasteiger charge is 2.35. The van der Waals surface area contributed by atoms with Crippen LogP contribution in [0.4, 0.5) is 5.95 Å². The number of nitrogens with zero attached hydrogens (tertiary/aromatic N) is 4. The highest BCUT2D eigenvalue weighted by Crippen LogP contribution is 2.40. The molecule has 1 aliphatic heterocycles. The summed E-state index contributed by atoms with van der Waals surface area (Å²) in [5.41, 5.74) is 3.56. The zero-order valence-corrected chi connectivity index (χ0v) is 16.7. The Kier molecular flexibility index (Phi) is 5.02. The van der Waals surface area contributed by atoms with E-state index in [0.717, 1.165) is 48.8 Å². The van der Waals surface area contributed by atoms with Gasteiger partial charge in [0, 0.05) is 36.7 Å². The molecular formula is C21H27N5O2. The second-order valence-corrected chi connectivity index (χ2v) is 8.43. The van der Waals surface area contributed by atoms with Crippen molar-refractivity contribution < 1.29 is 9.53 Å². The number of anilines is 1. The first-order chi connectivity index (χ1) is 13.4. The average Bonchev–Trinajstić information content (AvgIpc) is 2.68. The molecule has 1 saturated heterocycles. The monoisotopic (exact) mass is 381 g/mol. The molecule has 1 fully saturated rings. The van der Waals surface area contributed by atoms with E-state index in [1.807, 2.05) is 25.3 Å². The zero-order chi connectivity index (χ0) is 19.7. The van der Waals surface area contributed by atoms with Gasteiger partial charge < -0.3 is 15.0 Å². The van der Waals surface area contributed by atoms with Crippen LogP contribution in [0, 0.1) is 12.3 Å². The lowest BCUT2D eigenvalue weighted by atomic mass is 9.74. The Labute approximate surface area is 165 Å². The van der Waals surface area contributed by atoms with Crippen molar-refractivity contribution in [3.8, 4) is 0 Å². The van der Waals surface area contributed by atoms with Crippen molar-refractivity contribution in [2.24, 2.45) is 5.41 Å². The fourth-order valence-corrected chi connectivity index (χ4v) is 3.92. The number of nitrogens with one attached hydrogen (secondary N) is 1. The van der Waals surface area contributed by atoms with Crippen LogP contribution in [0.5, 0.6) is 0 Å². The number of hydrogen-bond donors (Lipinski definition) is 1.